The number of nitrogens with one attached hydrogen (secondary N) is 2. The highest BCUT2D eigenvalue weighted by atomic mass is 19.1. The molecule has 2 aromatic heterocycles. The van der Waals surface area contributed by atoms with Crippen molar-refractivity contribution in [2.45, 2.75) is 69.1 Å². The lowest BCUT2D eigenvalue weighted by Crippen LogP contribution is -2.49. The minimum absolute atomic E-state index is 0.289. The van der Waals surface area contributed by atoms with E-state index in [1.807, 2.05) is 0 Å². The van der Waals surface area contributed by atoms with Gasteiger partial charge in [0.1, 0.15) is 12.4 Å². The Bertz CT molecular complexity index is 951. The molecule has 3 heterocycles. The lowest BCUT2D eigenvalue weighted by atomic mass is 9.90. The largest absolute Gasteiger partial charge is 0.475 e. The van der Waals surface area contributed by atoms with Crippen molar-refractivity contribution >= 4 is 5.82 Å². The molecule has 1 saturated carbocycles. The van der Waals surface area contributed by atoms with Crippen LogP contribution in [0.25, 0.3) is 11.3 Å². The van der Waals surface area contributed by atoms with Gasteiger partial charge in [-0.25, -0.2) is 14.4 Å². The van der Waals surface area contributed by atoms with Gasteiger partial charge in [-0.1, -0.05) is 0 Å². The zero-order chi connectivity index (χ0) is 24.7. The van der Waals surface area contributed by atoms with Crippen LogP contribution in [0.5, 0.6) is 5.88 Å². The second-order valence-corrected chi connectivity index (χ2v) is 9.77. The smallest absolute Gasteiger partial charge is 0.232 e. The molecule has 4 N–H and O–H groups in total. The standard InChI is InChI=1S/C25H37FN6O3/c1-17(15-33-2)30-18-3-5-19(6-4-18)31-23-11-20(21(26)12-29-23)22-13-28-14-24(32-22)35-16-25(27)7-9-34-10-8-25/h11-14,17-19,30H,3-10,15-16,27H2,1-2H3,(H,29,31)/t17-,18-,19-/m0/s1. The molecule has 1 saturated heterocycles. The minimum Gasteiger partial charge on any atom is -0.475 e. The van der Waals surface area contributed by atoms with Crippen molar-refractivity contribution in [1.82, 2.24) is 20.3 Å². The number of rotatable bonds is 10. The van der Waals surface area contributed by atoms with E-state index in [0.717, 1.165) is 38.5 Å². The minimum atomic E-state index is -0.457. The van der Waals surface area contributed by atoms with Gasteiger partial charge < -0.3 is 30.6 Å². The molecule has 35 heavy (non-hydrogen) atoms. The molecule has 2 fully saturated rings. The molecule has 0 bridgehead atoms. The van der Waals surface area contributed by atoms with Crippen molar-refractivity contribution in [3.05, 3.63) is 30.5 Å². The molecule has 9 nitrogen and oxygen atoms in total. The third-order valence-electron chi connectivity index (χ3n) is 6.76. The molecule has 192 valence electrons. The Labute approximate surface area is 206 Å². The van der Waals surface area contributed by atoms with E-state index in [1.54, 1.807) is 13.2 Å². The first-order valence-corrected chi connectivity index (χ1v) is 12.4. The van der Waals surface area contributed by atoms with E-state index in [9.17, 15) is 4.39 Å². The molecule has 0 radical (unpaired) electrons. The highest BCUT2D eigenvalue weighted by Crippen LogP contribution is 2.27. The molecule has 2 aromatic rings. The summed E-state index contributed by atoms with van der Waals surface area (Å²) in [6.07, 6.45) is 9.88. The zero-order valence-corrected chi connectivity index (χ0v) is 20.6. The van der Waals surface area contributed by atoms with Gasteiger partial charge in [-0.3, -0.25) is 4.98 Å². The number of hydrogen-bond donors (Lipinski definition) is 3. The van der Waals surface area contributed by atoms with Gasteiger partial charge in [-0.2, -0.15) is 0 Å². The van der Waals surface area contributed by atoms with Crippen LogP contribution in [-0.2, 0) is 9.47 Å². The van der Waals surface area contributed by atoms with Crippen LogP contribution in [0.3, 0.4) is 0 Å². The predicted octanol–water partition coefficient (Wildman–Crippen LogP) is 2.91. The van der Waals surface area contributed by atoms with Gasteiger partial charge in [-0.05, 0) is 51.5 Å². The Balaban J connectivity index is 1.36. The maximum atomic E-state index is 14.7. The summed E-state index contributed by atoms with van der Waals surface area (Å²) < 4.78 is 31.1. The molecular formula is C25H37FN6O3. The number of ether oxygens (including phenoxy) is 3. The van der Waals surface area contributed by atoms with E-state index in [0.29, 0.717) is 61.5 Å². The van der Waals surface area contributed by atoms with Gasteiger partial charge in [0.15, 0.2) is 5.82 Å². The third kappa shape index (κ3) is 7.30. The van der Waals surface area contributed by atoms with Crippen LogP contribution in [0.1, 0.15) is 45.4 Å². The van der Waals surface area contributed by atoms with Crippen molar-refractivity contribution in [3.8, 4) is 17.1 Å². The van der Waals surface area contributed by atoms with Gasteiger partial charge in [0.25, 0.3) is 0 Å². The molecule has 0 spiro atoms. The maximum absolute atomic E-state index is 14.7. The quantitative estimate of drug-likeness (QED) is 0.464. The highest BCUT2D eigenvalue weighted by molar-refractivity contribution is 5.63. The molecule has 1 aliphatic heterocycles. The van der Waals surface area contributed by atoms with E-state index in [4.69, 9.17) is 19.9 Å². The monoisotopic (exact) mass is 488 g/mol. The molecule has 0 aromatic carbocycles. The fourth-order valence-electron chi connectivity index (χ4n) is 4.72. The molecule has 0 amide bonds. The van der Waals surface area contributed by atoms with Crippen molar-refractivity contribution in [3.63, 3.8) is 0 Å². The topological polar surface area (TPSA) is 116 Å². The lowest BCUT2D eigenvalue weighted by molar-refractivity contribution is 0.0335. The molecule has 10 heteroatoms. The summed E-state index contributed by atoms with van der Waals surface area (Å²) in [6.45, 7) is 4.39. The Kier molecular flexibility index (Phi) is 8.83. The van der Waals surface area contributed by atoms with Gasteiger partial charge in [0.05, 0.1) is 36.4 Å². The van der Waals surface area contributed by atoms with Crippen molar-refractivity contribution in [2.75, 3.05) is 38.9 Å². The fraction of sp³-hybridized carbons (Fsp3) is 0.640. The summed E-state index contributed by atoms with van der Waals surface area (Å²) in [5.41, 5.74) is 6.67. The molecule has 2 aliphatic rings. The first-order chi connectivity index (χ1) is 16.9. The SMILES string of the molecule is COC[C@H](C)N[C@H]1CC[C@H](Nc2cc(-c3cncc(OCC4(N)CCOCC4)n3)c(F)cn2)CC1. The second kappa shape index (κ2) is 12.0. The van der Waals surface area contributed by atoms with E-state index in [2.05, 4.69) is 32.5 Å². The van der Waals surface area contributed by atoms with E-state index < -0.39 is 11.4 Å². The van der Waals surface area contributed by atoms with Crippen LogP contribution in [0.2, 0.25) is 0 Å². The van der Waals surface area contributed by atoms with Crippen molar-refractivity contribution < 1.29 is 18.6 Å². The number of methoxy groups -OCH3 is 1. The van der Waals surface area contributed by atoms with Gasteiger partial charge in [-0.15, -0.1) is 0 Å². The fourth-order valence-corrected chi connectivity index (χ4v) is 4.72. The average Bonchev–Trinajstić information content (AvgIpc) is 2.86. The highest BCUT2D eigenvalue weighted by Gasteiger charge is 2.29. The third-order valence-corrected chi connectivity index (χ3v) is 6.76. The van der Waals surface area contributed by atoms with Gasteiger partial charge in [0, 0.05) is 44.0 Å². The van der Waals surface area contributed by atoms with Crippen LogP contribution in [0, 0.1) is 5.82 Å². The summed E-state index contributed by atoms with van der Waals surface area (Å²) in [5, 5.41) is 7.09. The molecule has 0 unspecified atom stereocenters. The van der Waals surface area contributed by atoms with Crippen molar-refractivity contribution in [2.24, 2.45) is 5.73 Å². The Morgan fingerprint density at radius 1 is 1.17 bits per heavy atom. The van der Waals surface area contributed by atoms with Gasteiger partial charge >= 0.3 is 0 Å². The summed E-state index contributed by atoms with van der Waals surface area (Å²) in [6, 6.07) is 2.81. The normalized spacial score (nSPS) is 23.0. The number of anilines is 1. The van der Waals surface area contributed by atoms with Crippen molar-refractivity contribution in [1.29, 1.82) is 0 Å². The van der Waals surface area contributed by atoms with Crippen LogP contribution in [-0.4, -0.2) is 72.2 Å². The lowest BCUT2D eigenvalue weighted by Gasteiger charge is -2.32. The second-order valence-electron chi connectivity index (χ2n) is 9.77. The van der Waals surface area contributed by atoms with E-state index in [-0.39, 0.29) is 6.04 Å². The number of aromatic nitrogens is 3. The van der Waals surface area contributed by atoms with Crippen LogP contribution >= 0.6 is 0 Å². The number of pyridine rings is 1. The summed E-state index contributed by atoms with van der Waals surface area (Å²) in [4.78, 5) is 12.9. The first kappa shape index (κ1) is 25.7. The summed E-state index contributed by atoms with van der Waals surface area (Å²) in [7, 11) is 1.72. The van der Waals surface area contributed by atoms with Gasteiger partial charge in [0.2, 0.25) is 5.88 Å². The Morgan fingerprint density at radius 2 is 1.91 bits per heavy atom. The Hall–Kier alpha value is -2.40. The first-order valence-electron chi connectivity index (χ1n) is 12.4. The Morgan fingerprint density at radius 3 is 2.66 bits per heavy atom. The van der Waals surface area contributed by atoms with Crippen LogP contribution in [0.4, 0.5) is 10.2 Å². The van der Waals surface area contributed by atoms with Crippen LogP contribution in [0.15, 0.2) is 24.7 Å². The molecule has 4 rings (SSSR count). The van der Waals surface area contributed by atoms with Crippen LogP contribution < -0.4 is 21.1 Å². The number of halogens is 1. The molecular weight excluding hydrogens is 451 g/mol. The maximum Gasteiger partial charge on any atom is 0.232 e. The number of nitrogens with two attached hydrogens (primary N) is 1. The number of nitrogens with zero attached hydrogens (tertiary/aromatic N) is 3. The molecule has 1 aliphatic carbocycles. The number of hydrogen-bond acceptors (Lipinski definition) is 9. The van der Waals surface area contributed by atoms with E-state index >= 15 is 0 Å². The van der Waals surface area contributed by atoms with E-state index in [1.165, 1.54) is 18.6 Å². The summed E-state index contributed by atoms with van der Waals surface area (Å²) in [5.74, 6) is 0.488. The molecule has 1 atom stereocenters. The zero-order valence-electron chi connectivity index (χ0n) is 20.6. The predicted molar refractivity (Wildman–Crippen MR) is 132 cm³/mol. The summed E-state index contributed by atoms with van der Waals surface area (Å²) >= 11 is 0. The average molecular weight is 489 g/mol.